The maximum Gasteiger partial charge on any atom is 0.337 e. The Kier molecular flexibility index (Phi) is 5.87. The molecule has 1 heterocycles. The number of carbonyl (C=O) groups is 2. The van der Waals surface area contributed by atoms with Crippen molar-refractivity contribution in [3.63, 3.8) is 0 Å². The van der Waals surface area contributed by atoms with Gasteiger partial charge in [-0.1, -0.05) is 6.08 Å². The van der Waals surface area contributed by atoms with Gasteiger partial charge in [0.05, 0.1) is 25.6 Å². The number of aliphatic hydroxyl groups excluding tert-OH is 1. The van der Waals surface area contributed by atoms with Crippen LogP contribution in [0.1, 0.15) is 16.8 Å². The van der Waals surface area contributed by atoms with Gasteiger partial charge in [0.2, 0.25) is 0 Å². The zero-order valence-electron chi connectivity index (χ0n) is 13.5. The molecule has 0 spiro atoms. The van der Waals surface area contributed by atoms with Crippen molar-refractivity contribution in [2.24, 2.45) is 11.8 Å². The number of ether oxygens (including phenoxy) is 2. The Bertz CT molecular complexity index is 675. The van der Waals surface area contributed by atoms with E-state index < -0.39 is 5.97 Å². The standard InChI is InChI=1S/C17H15FO4.CH4O/c1-21-17(20)15-9-22-8-14-12(15)6-7-13(14)16(19)10-2-4-11(18)5-3-10;1-2/h2-5,7,9,12,14H,6,8H2,1H3;2H,1H3. The summed E-state index contributed by atoms with van der Waals surface area (Å²) in [6.45, 7) is 0.351. The molecule has 0 fully saturated rings. The molecule has 24 heavy (non-hydrogen) atoms. The van der Waals surface area contributed by atoms with E-state index in [2.05, 4.69) is 0 Å². The van der Waals surface area contributed by atoms with E-state index in [0.717, 1.165) is 7.11 Å². The maximum absolute atomic E-state index is 13.0. The number of hydrogen-bond acceptors (Lipinski definition) is 5. The summed E-state index contributed by atoms with van der Waals surface area (Å²) < 4.78 is 23.1. The van der Waals surface area contributed by atoms with Crippen LogP contribution in [-0.2, 0) is 14.3 Å². The molecule has 0 radical (unpaired) electrons. The smallest absolute Gasteiger partial charge is 0.337 e. The summed E-state index contributed by atoms with van der Waals surface area (Å²) in [4.78, 5) is 24.4. The Labute approximate surface area is 139 Å². The van der Waals surface area contributed by atoms with Crippen LogP contribution in [0.15, 0.2) is 47.7 Å². The average Bonchev–Trinajstić information content (AvgIpc) is 3.07. The second-order valence-corrected chi connectivity index (χ2v) is 5.34. The molecule has 0 aromatic heterocycles. The molecule has 1 aliphatic heterocycles. The second-order valence-electron chi connectivity index (χ2n) is 5.34. The Hall–Kier alpha value is -2.47. The maximum atomic E-state index is 13.0. The van der Waals surface area contributed by atoms with Gasteiger partial charge in [0.15, 0.2) is 5.78 Å². The number of carbonyl (C=O) groups excluding carboxylic acids is 2. The van der Waals surface area contributed by atoms with E-state index in [9.17, 15) is 14.0 Å². The van der Waals surface area contributed by atoms with Crippen molar-refractivity contribution in [3.8, 4) is 0 Å². The second kappa shape index (κ2) is 7.88. The normalized spacial score (nSPS) is 21.3. The first-order valence-electron chi connectivity index (χ1n) is 7.47. The number of rotatable bonds is 3. The molecule has 2 atom stereocenters. The first kappa shape index (κ1) is 17.9. The minimum atomic E-state index is -0.432. The van der Waals surface area contributed by atoms with Crippen LogP contribution in [0.4, 0.5) is 4.39 Å². The number of methoxy groups -OCH3 is 1. The number of hydrogen-bond donors (Lipinski definition) is 1. The predicted octanol–water partition coefficient (Wildman–Crippen LogP) is 2.27. The molecule has 0 saturated carbocycles. The lowest BCUT2D eigenvalue weighted by Gasteiger charge is -2.27. The molecule has 1 N–H and O–H groups in total. The summed E-state index contributed by atoms with van der Waals surface area (Å²) in [5, 5.41) is 7.00. The summed E-state index contributed by atoms with van der Waals surface area (Å²) in [5.41, 5.74) is 1.51. The van der Waals surface area contributed by atoms with Crippen LogP contribution in [0, 0.1) is 17.7 Å². The van der Waals surface area contributed by atoms with Gasteiger partial charge < -0.3 is 14.6 Å². The molecule has 6 heteroatoms. The lowest BCUT2D eigenvalue weighted by atomic mass is 9.82. The fraction of sp³-hybridized carbons (Fsp3) is 0.333. The quantitative estimate of drug-likeness (QED) is 0.678. The zero-order chi connectivity index (χ0) is 17.7. The highest BCUT2D eigenvalue weighted by Gasteiger charge is 2.40. The van der Waals surface area contributed by atoms with Crippen molar-refractivity contribution in [3.05, 3.63) is 59.1 Å². The molecule has 0 saturated heterocycles. The summed E-state index contributed by atoms with van der Waals surface area (Å²) >= 11 is 0. The van der Waals surface area contributed by atoms with E-state index in [1.54, 1.807) is 0 Å². The summed E-state index contributed by atoms with van der Waals surface area (Å²) in [6.07, 6.45) is 3.86. The number of aliphatic hydroxyl groups is 1. The minimum absolute atomic E-state index is 0.0967. The van der Waals surface area contributed by atoms with Gasteiger partial charge in [-0.15, -0.1) is 0 Å². The van der Waals surface area contributed by atoms with Gasteiger partial charge >= 0.3 is 5.97 Å². The Morgan fingerprint density at radius 3 is 2.46 bits per heavy atom. The molecular formula is C18H19FO5. The van der Waals surface area contributed by atoms with Crippen LogP contribution in [-0.4, -0.2) is 37.7 Å². The molecule has 2 unspecified atom stereocenters. The average molecular weight is 334 g/mol. The minimum Gasteiger partial charge on any atom is -0.500 e. The number of Topliss-reactive ketones (excluding diaryl/α,β-unsaturated/α-hetero) is 1. The van der Waals surface area contributed by atoms with Crippen LogP contribution in [0.2, 0.25) is 0 Å². The lowest BCUT2D eigenvalue weighted by Crippen LogP contribution is -2.29. The molecule has 0 bridgehead atoms. The van der Waals surface area contributed by atoms with Crippen LogP contribution >= 0.6 is 0 Å². The molecular weight excluding hydrogens is 315 g/mol. The van der Waals surface area contributed by atoms with Crippen LogP contribution < -0.4 is 0 Å². The lowest BCUT2D eigenvalue weighted by molar-refractivity contribution is -0.137. The third kappa shape index (κ3) is 3.38. The Morgan fingerprint density at radius 2 is 1.83 bits per heavy atom. The van der Waals surface area contributed by atoms with Crippen LogP contribution in [0.3, 0.4) is 0 Å². The van der Waals surface area contributed by atoms with E-state index in [1.165, 1.54) is 37.6 Å². The largest absolute Gasteiger partial charge is 0.500 e. The van der Waals surface area contributed by atoms with Crippen molar-refractivity contribution >= 4 is 11.8 Å². The molecule has 0 amide bonds. The summed E-state index contributed by atoms with van der Waals surface area (Å²) in [6, 6.07) is 5.45. The Morgan fingerprint density at radius 1 is 1.17 bits per heavy atom. The van der Waals surface area contributed by atoms with Gasteiger partial charge in [0.25, 0.3) is 0 Å². The van der Waals surface area contributed by atoms with Crippen molar-refractivity contribution in [2.45, 2.75) is 6.42 Å². The number of benzene rings is 1. The van der Waals surface area contributed by atoms with E-state index in [0.29, 0.717) is 29.7 Å². The number of halogens is 1. The van der Waals surface area contributed by atoms with Crippen LogP contribution in [0.5, 0.6) is 0 Å². The molecule has 2 aliphatic rings. The van der Waals surface area contributed by atoms with Gasteiger partial charge in [0, 0.05) is 30.1 Å². The van der Waals surface area contributed by atoms with E-state index in [1.807, 2.05) is 6.08 Å². The number of fused-ring (bicyclic) bond motifs is 1. The Balaban J connectivity index is 0.00000100. The molecule has 1 aromatic rings. The first-order chi connectivity index (χ1) is 11.6. The molecule has 128 valence electrons. The fourth-order valence-electron chi connectivity index (χ4n) is 3.01. The number of allylic oxidation sites excluding steroid dienone is 1. The van der Waals surface area contributed by atoms with E-state index in [4.69, 9.17) is 14.6 Å². The fourth-order valence-corrected chi connectivity index (χ4v) is 3.01. The molecule has 1 aromatic carbocycles. The van der Waals surface area contributed by atoms with Crippen molar-refractivity contribution in [1.82, 2.24) is 0 Å². The highest BCUT2D eigenvalue weighted by Crippen LogP contribution is 2.41. The SMILES string of the molecule is CO.COC(=O)C1=COCC2C(C(=O)c3ccc(F)cc3)=CCC12. The zero-order valence-corrected chi connectivity index (χ0v) is 13.5. The van der Waals surface area contributed by atoms with Crippen molar-refractivity contribution in [1.29, 1.82) is 0 Å². The van der Waals surface area contributed by atoms with Crippen molar-refractivity contribution < 1.29 is 28.6 Å². The van der Waals surface area contributed by atoms with Gasteiger partial charge in [-0.3, -0.25) is 4.79 Å². The van der Waals surface area contributed by atoms with E-state index >= 15 is 0 Å². The van der Waals surface area contributed by atoms with E-state index in [-0.39, 0.29) is 23.4 Å². The van der Waals surface area contributed by atoms with Crippen molar-refractivity contribution in [2.75, 3.05) is 20.8 Å². The topological polar surface area (TPSA) is 72.8 Å². The monoisotopic (exact) mass is 334 g/mol. The number of ketones is 1. The summed E-state index contributed by atoms with van der Waals surface area (Å²) in [5.74, 6) is -1.23. The predicted molar refractivity (Wildman–Crippen MR) is 84.6 cm³/mol. The molecule has 1 aliphatic carbocycles. The van der Waals surface area contributed by atoms with Crippen LogP contribution in [0.25, 0.3) is 0 Å². The third-order valence-electron chi connectivity index (χ3n) is 4.15. The molecule has 5 nitrogen and oxygen atoms in total. The number of esters is 1. The third-order valence-corrected chi connectivity index (χ3v) is 4.15. The van der Waals surface area contributed by atoms with Gasteiger partial charge in [-0.25, -0.2) is 9.18 Å². The first-order valence-corrected chi connectivity index (χ1v) is 7.47. The highest BCUT2D eigenvalue weighted by atomic mass is 19.1. The summed E-state index contributed by atoms with van der Waals surface area (Å²) in [7, 11) is 2.32. The van der Waals surface area contributed by atoms with Gasteiger partial charge in [0.1, 0.15) is 5.82 Å². The van der Waals surface area contributed by atoms with Gasteiger partial charge in [-0.05, 0) is 30.7 Å². The molecule has 3 rings (SSSR count). The van der Waals surface area contributed by atoms with Gasteiger partial charge in [-0.2, -0.15) is 0 Å². The highest BCUT2D eigenvalue weighted by molar-refractivity contribution is 6.09.